The second-order valence-electron chi connectivity index (χ2n) is 2.88. The van der Waals surface area contributed by atoms with Crippen molar-refractivity contribution in [1.82, 2.24) is 15.0 Å². The molecule has 2 N–H and O–H groups in total. The predicted octanol–water partition coefficient (Wildman–Crippen LogP) is 1.24. The summed E-state index contributed by atoms with van der Waals surface area (Å²) >= 11 is 1.49. The Labute approximate surface area is 95.0 Å². The minimum atomic E-state index is -1.10. The zero-order valence-electron chi connectivity index (χ0n) is 8.12. The van der Waals surface area contributed by atoms with Crippen LogP contribution in [0.1, 0.15) is 15.4 Å². The molecule has 0 aliphatic heterocycles. The van der Waals surface area contributed by atoms with Crippen LogP contribution in [0.2, 0.25) is 0 Å². The summed E-state index contributed by atoms with van der Waals surface area (Å²) in [7, 11) is 0. The van der Waals surface area contributed by atoms with Crippen molar-refractivity contribution in [3.8, 4) is 0 Å². The number of rotatable bonds is 4. The minimum Gasteiger partial charge on any atom is -0.476 e. The molecule has 0 radical (unpaired) electrons. The van der Waals surface area contributed by atoms with Gasteiger partial charge in [-0.3, -0.25) is 4.98 Å². The second kappa shape index (κ2) is 4.67. The Morgan fingerprint density at radius 3 is 2.94 bits per heavy atom. The number of carbonyl (C=O) groups is 1. The number of carboxylic acids is 1. The fraction of sp³-hybridized carbons (Fsp3) is 0.111. The third-order valence-corrected chi connectivity index (χ3v) is 2.59. The Morgan fingerprint density at radius 1 is 1.44 bits per heavy atom. The molecule has 0 unspecified atom stereocenters. The average Bonchev–Trinajstić information content (AvgIpc) is 2.79. The Morgan fingerprint density at radius 2 is 2.25 bits per heavy atom. The monoisotopic (exact) mass is 236 g/mol. The number of hydrogen-bond acceptors (Lipinski definition) is 6. The molecule has 7 heteroatoms. The third kappa shape index (κ3) is 2.31. The molecule has 0 amide bonds. The summed E-state index contributed by atoms with van der Waals surface area (Å²) in [5.41, 5.74) is 1.64. The van der Waals surface area contributed by atoms with Crippen LogP contribution in [0, 0.1) is 0 Å². The first-order chi connectivity index (χ1) is 7.77. The maximum absolute atomic E-state index is 10.8. The summed E-state index contributed by atoms with van der Waals surface area (Å²) in [4.78, 5) is 23.4. The summed E-state index contributed by atoms with van der Waals surface area (Å²) in [6.07, 6.45) is 4.51. The van der Waals surface area contributed by atoms with Crippen molar-refractivity contribution in [3.05, 3.63) is 34.7 Å². The van der Waals surface area contributed by atoms with E-state index in [0.717, 1.165) is 4.88 Å². The van der Waals surface area contributed by atoms with Gasteiger partial charge < -0.3 is 10.4 Å². The van der Waals surface area contributed by atoms with Gasteiger partial charge in [0.15, 0.2) is 11.5 Å². The summed E-state index contributed by atoms with van der Waals surface area (Å²) in [6.45, 7) is 0.490. The van der Waals surface area contributed by atoms with Gasteiger partial charge in [-0.05, 0) is 0 Å². The van der Waals surface area contributed by atoms with Gasteiger partial charge in [-0.25, -0.2) is 14.8 Å². The SMILES string of the molecule is O=C(O)c1nccnc1NCc1cncs1. The first kappa shape index (κ1) is 10.5. The van der Waals surface area contributed by atoms with Crippen LogP contribution in [-0.2, 0) is 6.54 Å². The lowest BCUT2D eigenvalue weighted by atomic mass is 10.4. The normalized spacial score (nSPS) is 10.0. The second-order valence-corrected chi connectivity index (χ2v) is 3.85. The molecule has 2 aromatic rings. The van der Waals surface area contributed by atoms with Crippen LogP contribution in [0.3, 0.4) is 0 Å². The Kier molecular flexibility index (Phi) is 3.06. The standard InChI is InChI=1S/C9H8N4O2S/c14-9(15)7-8(12-2-1-11-7)13-4-6-3-10-5-16-6/h1-3,5H,4H2,(H,12,13)(H,14,15). The molecule has 2 aromatic heterocycles. The lowest BCUT2D eigenvalue weighted by molar-refractivity contribution is 0.0691. The number of hydrogen-bond donors (Lipinski definition) is 2. The number of thiazole rings is 1. The Bertz CT molecular complexity index is 486. The molecule has 0 aliphatic rings. The van der Waals surface area contributed by atoms with E-state index in [1.165, 1.54) is 23.7 Å². The van der Waals surface area contributed by atoms with Gasteiger partial charge in [-0.1, -0.05) is 0 Å². The van der Waals surface area contributed by atoms with Crippen LogP contribution in [0.4, 0.5) is 5.82 Å². The van der Waals surface area contributed by atoms with Gasteiger partial charge in [0.2, 0.25) is 0 Å². The average molecular weight is 236 g/mol. The van der Waals surface area contributed by atoms with Gasteiger partial charge in [-0.15, -0.1) is 11.3 Å². The largest absolute Gasteiger partial charge is 0.476 e. The number of nitrogens with zero attached hydrogens (tertiary/aromatic N) is 3. The van der Waals surface area contributed by atoms with Crippen LogP contribution in [-0.4, -0.2) is 26.0 Å². The smallest absolute Gasteiger partial charge is 0.358 e. The number of aromatic carboxylic acids is 1. The molecule has 0 aliphatic carbocycles. The molecule has 82 valence electrons. The molecule has 0 bridgehead atoms. The zero-order valence-corrected chi connectivity index (χ0v) is 8.94. The molecular formula is C9H8N4O2S. The van der Waals surface area contributed by atoms with Gasteiger partial charge >= 0.3 is 5.97 Å². The van der Waals surface area contributed by atoms with Gasteiger partial charge in [0.25, 0.3) is 0 Å². The predicted molar refractivity (Wildman–Crippen MR) is 58.4 cm³/mol. The third-order valence-electron chi connectivity index (χ3n) is 1.81. The van der Waals surface area contributed by atoms with Gasteiger partial charge in [0.1, 0.15) is 0 Å². The fourth-order valence-corrected chi connectivity index (χ4v) is 1.66. The zero-order chi connectivity index (χ0) is 11.4. The minimum absolute atomic E-state index is 0.0768. The van der Waals surface area contributed by atoms with E-state index in [-0.39, 0.29) is 11.5 Å². The summed E-state index contributed by atoms with van der Waals surface area (Å²) < 4.78 is 0. The molecule has 0 spiro atoms. The van der Waals surface area contributed by atoms with Crippen molar-refractivity contribution in [1.29, 1.82) is 0 Å². The van der Waals surface area contributed by atoms with E-state index in [2.05, 4.69) is 20.3 Å². The van der Waals surface area contributed by atoms with Gasteiger partial charge in [0, 0.05) is 23.5 Å². The number of anilines is 1. The highest BCUT2D eigenvalue weighted by molar-refractivity contribution is 7.09. The van der Waals surface area contributed by atoms with Gasteiger partial charge in [-0.2, -0.15) is 0 Å². The van der Waals surface area contributed by atoms with E-state index in [1.54, 1.807) is 11.7 Å². The van der Waals surface area contributed by atoms with Crippen molar-refractivity contribution in [3.63, 3.8) is 0 Å². The van der Waals surface area contributed by atoms with E-state index < -0.39 is 5.97 Å². The van der Waals surface area contributed by atoms with Crippen molar-refractivity contribution in [2.75, 3.05) is 5.32 Å². The topological polar surface area (TPSA) is 88.0 Å². The molecule has 2 heterocycles. The molecule has 6 nitrogen and oxygen atoms in total. The van der Waals surface area contributed by atoms with Crippen LogP contribution in [0.25, 0.3) is 0 Å². The lowest BCUT2D eigenvalue weighted by Crippen LogP contribution is -2.09. The maximum Gasteiger partial charge on any atom is 0.358 e. The van der Waals surface area contributed by atoms with Crippen molar-refractivity contribution in [2.24, 2.45) is 0 Å². The van der Waals surface area contributed by atoms with E-state index >= 15 is 0 Å². The van der Waals surface area contributed by atoms with Crippen LogP contribution in [0.15, 0.2) is 24.1 Å². The number of aromatic nitrogens is 3. The Balaban J connectivity index is 2.12. The Hall–Kier alpha value is -2.02. The number of carboxylic acid groups (broad SMARTS) is 1. The van der Waals surface area contributed by atoms with Crippen molar-refractivity contribution in [2.45, 2.75) is 6.54 Å². The molecular weight excluding hydrogens is 228 g/mol. The first-order valence-corrected chi connectivity index (χ1v) is 5.31. The van der Waals surface area contributed by atoms with Crippen LogP contribution in [0.5, 0.6) is 0 Å². The molecule has 0 fully saturated rings. The fourth-order valence-electron chi connectivity index (χ4n) is 1.12. The summed E-state index contributed by atoms with van der Waals surface area (Å²) in [6, 6.07) is 0. The quantitative estimate of drug-likeness (QED) is 0.830. The molecule has 2 rings (SSSR count). The molecule has 0 saturated heterocycles. The van der Waals surface area contributed by atoms with E-state index in [1.807, 2.05) is 0 Å². The lowest BCUT2D eigenvalue weighted by Gasteiger charge is -2.05. The number of nitrogens with one attached hydrogen (secondary N) is 1. The molecule has 0 atom stereocenters. The highest BCUT2D eigenvalue weighted by atomic mass is 32.1. The maximum atomic E-state index is 10.8. The van der Waals surface area contributed by atoms with Gasteiger partial charge in [0.05, 0.1) is 12.1 Å². The first-order valence-electron chi connectivity index (χ1n) is 4.43. The summed E-state index contributed by atoms with van der Waals surface area (Å²) in [5, 5.41) is 11.8. The van der Waals surface area contributed by atoms with Crippen molar-refractivity contribution >= 4 is 23.1 Å². The van der Waals surface area contributed by atoms with Crippen LogP contribution >= 0.6 is 11.3 Å². The molecule has 16 heavy (non-hydrogen) atoms. The van der Waals surface area contributed by atoms with Crippen LogP contribution < -0.4 is 5.32 Å². The highest BCUT2D eigenvalue weighted by Crippen LogP contribution is 2.12. The van der Waals surface area contributed by atoms with Crippen molar-refractivity contribution < 1.29 is 9.90 Å². The van der Waals surface area contributed by atoms with E-state index in [4.69, 9.17) is 5.11 Å². The van der Waals surface area contributed by atoms with E-state index in [9.17, 15) is 4.79 Å². The summed E-state index contributed by atoms with van der Waals surface area (Å²) in [5.74, 6) is -0.830. The molecule has 0 aromatic carbocycles. The highest BCUT2D eigenvalue weighted by Gasteiger charge is 2.11. The molecule has 0 saturated carbocycles. The van der Waals surface area contributed by atoms with E-state index in [0.29, 0.717) is 6.54 Å².